The van der Waals surface area contributed by atoms with Gasteiger partial charge in [-0.2, -0.15) is 0 Å². The van der Waals surface area contributed by atoms with Crippen LogP contribution in [-0.4, -0.2) is 8.07 Å². The lowest BCUT2D eigenvalue weighted by Crippen LogP contribution is -2.74. The van der Waals surface area contributed by atoms with Crippen molar-refractivity contribution in [1.82, 2.24) is 0 Å². The van der Waals surface area contributed by atoms with Gasteiger partial charge in [-0.15, -0.1) is 0 Å². The summed E-state index contributed by atoms with van der Waals surface area (Å²) in [5, 5.41) is 7.75. The van der Waals surface area contributed by atoms with Gasteiger partial charge in [-0.3, -0.25) is 0 Å². The molecule has 53 heavy (non-hydrogen) atoms. The number of para-hydroxylation sites is 1. The summed E-state index contributed by atoms with van der Waals surface area (Å²) in [7, 11) is -2.64. The Kier molecular flexibility index (Phi) is 8.34. The molecule has 8 aromatic carbocycles. The molecule has 1 heterocycles. The van der Waals surface area contributed by atoms with E-state index in [2.05, 4.69) is 207 Å². The van der Waals surface area contributed by atoms with E-state index >= 15 is 0 Å². The molecule has 0 saturated heterocycles. The smallest absolute Gasteiger partial charge is 0.179 e. The Hall–Kier alpha value is -6.42. The normalized spacial score (nSPS) is 11.6. The number of nitrogens with zero attached hydrogens (tertiary/aromatic N) is 1. The maximum Gasteiger partial charge on any atom is 0.179 e. The van der Waals surface area contributed by atoms with Crippen LogP contribution in [0.5, 0.6) is 0 Å². The first-order chi connectivity index (χ1) is 26.1. The Morgan fingerprint density at radius 1 is 0.358 bits per heavy atom. The van der Waals surface area contributed by atoms with Gasteiger partial charge in [0.25, 0.3) is 0 Å². The van der Waals surface area contributed by atoms with Crippen LogP contribution in [0.4, 0.5) is 17.1 Å². The number of aryl methyl sites for hydroxylation is 2. The van der Waals surface area contributed by atoms with Crippen molar-refractivity contribution in [3.05, 3.63) is 211 Å². The minimum absolute atomic E-state index is 0.908. The molecule has 0 amide bonds. The molecule has 0 aliphatic rings. The van der Waals surface area contributed by atoms with E-state index in [1.54, 1.807) is 0 Å². The van der Waals surface area contributed by atoms with E-state index in [0.29, 0.717) is 0 Å². The third-order valence-corrected chi connectivity index (χ3v) is 15.3. The zero-order valence-corrected chi connectivity index (χ0v) is 30.9. The van der Waals surface area contributed by atoms with Gasteiger partial charge in [0.1, 0.15) is 11.2 Å². The van der Waals surface area contributed by atoms with Crippen molar-refractivity contribution in [1.29, 1.82) is 0 Å². The predicted octanol–water partition coefficient (Wildman–Crippen LogP) is 10.7. The Morgan fingerprint density at radius 2 is 0.811 bits per heavy atom. The summed E-state index contributed by atoms with van der Waals surface area (Å²) in [5.74, 6) is 0. The van der Waals surface area contributed by atoms with Crippen LogP contribution in [0.15, 0.2) is 205 Å². The van der Waals surface area contributed by atoms with Crippen LogP contribution < -0.4 is 25.6 Å². The van der Waals surface area contributed by atoms with E-state index in [4.69, 9.17) is 4.42 Å². The fraction of sp³-hybridized carbons (Fsp3) is 0.0400. The van der Waals surface area contributed by atoms with E-state index in [9.17, 15) is 0 Å². The second-order valence-electron chi connectivity index (χ2n) is 13.9. The molecule has 3 heteroatoms. The van der Waals surface area contributed by atoms with Gasteiger partial charge in [0.05, 0.1) is 0 Å². The molecule has 0 aliphatic heterocycles. The zero-order valence-electron chi connectivity index (χ0n) is 29.9. The minimum Gasteiger partial charge on any atom is -0.456 e. The average molecular weight is 698 g/mol. The summed E-state index contributed by atoms with van der Waals surface area (Å²) in [6.07, 6.45) is 0. The number of hydrogen-bond donors (Lipinski definition) is 0. The number of fused-ring (bicyclic) bond motifs is 3. The third-order valence-electron chi connectivity index (χ3n) is 10.5. The summed E-state index contributed by atoms with van der Waals surface area (Å²) < 4.78 is 6.23. The Labute approximate surface area is 312 Å². The number of furan rings is 1. The largest absolute Gasteiger partial charge is 0.456 e. The van der Waals surface area contributed by atoms with E-state index in [1.165, 1.54) is 31.9 Å². The molecule has 0 N–H and O–H groups in total. The van der Waals surface area contributed by atoms with Crippen molar-refractivity contribution >= 4 is 67.8 Å². The number of anilines is 3. The first kappa shape index (κ1) is 32.5. The van der Waals surface area contributed by atoms with Gasteiger partial charge in [-0.1, -0.05) is 146 Å². The highest BCUT2D eigenvalue weighted by Gasteiger charge is 2.41. The highest BCUT2D eigenvalue weighted by molar-refractivity contribution is 7.19. The summed E-state index contributed by atoms with van der Waals surface area (Å²) in [6, 6.07) is 73.2. The molecular formula is C50H39NOSi. The maximum atomic E-state index is 6.23. The molecule has 0 aliphatic carbocycles. The van der Waals surface area contributed by atoms with Crippen molar-refractivity contribution in [2.75, 3.05) is 4.90 Å². The van der Waals surface area contributed by atoms with Crippen molar-refractivity contribution < 1.29 is 4.42 Å². The standard InChI is InChI=1S/C50H39NOSi/c1-36-32-37(2)34-42(33-36)51(40-25-22-38(23-26-40)39-24-31-48-47-20-12-13-21-49(47)52-50(48)35-39)41-27-29-46(30-28-41)53(43-14-6-3-7-15-43,44-16-8-4-9-17-44)45-18-10-5-11-19-45/h3-35H,1-2H3. The van der Waals surface area contributed by atoms with Crippen LogP contribution >= 0.6 is 0 Å². The third kappa shape index (κ3) is 5.86. The van der Waals surface area contributed by atoms with E-state index in [0.717, 1.165) is 50.1 Å². The van der Waals surface area contributed by atoms with Crippen LogP contribution in [0, 0.1) is 13.8 Å². The molecule has 0 unspecified atom stereocenters. The van der Waals surface area contributed by atoms with Crippen LogP contribution in [-0.2, 0) is 0 Å². The van der Waals surface area contributed by atoms with Crippen LogP contribution in [0.3, 0.4) is 0 Å². The van der Waals surface area contributed by atoms with E-state index in [1.807, 2.05) is 12.1 Å². The van der Waals surface area contributed by atoms with Crippen molar-refractivity contribution in [3.63, 3.8) is 0 Å². The molecule has 0 saturated carbocycles. The van der Waals surface area contributed by atoms with Gasteiger partial charge in [0.15, 0.2) is 8.07 Å². The molecule has 9 aromatic rings. The monoisotopic (exact) mass is 697 g/mol. The average Bonchev–Trinajstić information content (AvgIpc) is 3.58. The first-order valence-electron chi connectivity index (χ1n) is 18.3. The molecule has 254 valence electrons. The topological polar surface area (TPSA) is 16.4 Å². The Morgan fingerprint density at radius 3 is 1.38 bits per heavy atom. The fourth-order valence-electron chi connectivity index (χ4n) is 8.16. The zero-order chi connectivity index (χ0) is 35.8. The second-order valence-corrected chi connectivity index (χ2v) is 17.7. The Bertz CT molecular complexity index is 2550. The fourth-order valence-corrected chi connectivity index (χ4v) is 12.9. The van der Waals surface area contributed by atoms with Gasteiger partial charge in [-0.05, 0) is 111 Å². The van der Waals surface area contributed by atoms with Gasteiger partial charge >= 0.3 is 0 Å². The highest BCUT2D eigenvalue weighted by atomic mass is 28.3. The van der Waals surface area contributed by atoms with Gasteiger partial charge < -0.3 is 9.32 Å². The highest BCUT2D eigenvalue weighted by Crippen LogP contribution is 2.37. The van der Waals surface area contributed by atoms with Crippen LogP contribution in [0.25, 0.3) is 33.1 Å². The van der Waals surface area contributed by atoms with Gasteiger partial charge in [0, 0.05) is 27.8 Å². The summed E-state index contributed by atoms with van der Waals surface area (Å²) in [6.45, 7) is 4.35. The summed E-state index contributed by atoms with van der Waals surface area (Å²) in [4.78, 5) is 2.38. The predicted molar refractivity (Wildman–Crippen MR) is 227 cm³/mol. The van der Waals surface area contributed by atoms with Crippen molar-refractivity contribution in [2.45, 2.75) is 13.8 Å². The molecule has 0 radical (unpaired) electrons. The van der Waals surface area contributed by atoms with Crippen LogP contribution in [0.1, 0.15) is 11.1 Å². The molecule has 9 rings (SSSR count). The molecule has 1 aromatic heterocycles. The SMILES string of the molecule is Cc1cc(C)cc(N(c2ccc(-c3ccc4c(c3)oc3ccccc34)cc2)c2ccc([Si](c3ccccc3)(c3ccccc3)c3ccccc3)cc2)c1. The minimum atomic E-state index is -2.64. The summed E-state index contributed by atoms with van der Waals surface area (Å²) >= 11 is 0. The summed E-state index contributed by atoms with van der Waals surface area (Å²) in [5.41, 5.74) is 9.95. The van der Waals surface area contributed by atoms with E-state index < -0.39 is 8.07 Å². The van der Waals surface area contributed by atoms with Crippen LogP contribution in [0.2, 0.25) is 0 Å². The lowest BCUT2D eigenvalue weighted by atomic mass is 10.0. The second kappa shape index (κ2) is 13.6. The van der Waals surface area contributed by atoms with Gasteiger partial charge in [-0.25, -0.2) is 0 Å². The number of hydrogen-bond acceptors (Lipinski definition) is 2. The first-order valence-corrected chi connectivity index (χ1v) is 20.3. The number of rotatable bonds is 8. The molecular weight excluding hydrogens is 659 g/mol. The molecule has 0 spiro atoms. The quantitative estimate of drug-likeness (QED) is 0.116. The Balaban J connectivity index is 1.16. The molecule has 0 bridgehead atoms. The lowest BCUT2D eigenvalue weighted by Gasteiger charge is -2.35. The molecule has 0 fully saturated rings. The maximum absolute atomic E-state index is 6.23. The molecule has 2 nitrogen and oxygen atoms in total. The van der Waals surface area contributed by atoms with Gasteiger partial charge in [0.2, 0.25) is 0 Å². The molecule has 0 atom stereocenters. The van der Waals surface area contributed by atoms with E-state index in [-0.39, 0.29) is 0 Å². The lowest BCUT2D eigenvalue weighted by molar-refractivity contribution is 0.669. The van der Waals surface area contributed by atoms with Crippen molar-refractivity contribution in [3.8, 4) is 11.1 Å². The van der Waals surface area contributed by atoms with Crippen molar-refractivity contribution in [2.24, 2.45) is 0 Å². The number of benzene rings is 8.